The van der Waals surface area contributed by atoms with Gasteiger partial charge in [-0.05, 0) is 43.0 Å². The van der Waals surface area contributed by atoms with Gasteiger partial charge in [-0.1, -0.05) is 12.1 Å². The maximum absolute atomic E-state index is 13.0. The summed E-state index contributed by atoms with van der Waals surface area (Å²) in [6, 6.07) is 5.91. The summed E-state index contributed by atoms with van der Waals surface area (Å²) in [6.07, 6.45) is 1.38. The fourth-order valence-electron chi connectivity index (χ4n) is 2.17. The molecule has 2 rings (SSSR count). The van der Waals surface area contributed by atoms with Crippen molar-refractivity contribution in [1.29, 1.82) is 0 Å². The van der Waals surface area contributed by atoms with E-state index in [4.69, 9.17) is 5.11 Å². The third-order valence-corrected chi connectivity index (χ3v) is 3.02. The van der Waals surface area contributed by atoms with E-state index in [1.54, 1.807) is 6.07 Å². The van der Waals surface area contributed by atoms with Crippen molar-refractivity contribution in [2.24, 2.45) is 0 Å². The number of hydrogen-bond acceptors (Lipinski definition) is 2. The maximum Gasteiger partial charge on any atom is 0.320 e. The van der Waals surface area contributed by atoms with E-state index in [9.17, 15) is 9.18 Å². The minimum atomic E-state index is -0.832. The molecule has 4 heteroatoms. The van der Waals surface area contributed by atoms with Gasteiger partial charge in [-0.25, -0.2) is 4.39 Å². The second-order valence-corrected chi connectivity index (χ2v) is 4.12. The van der Waals surface area contributed by atoms with E-state index in [0.29, 0.717) is 13.0 Å². The molecule has 1 saturated heterocycles. The lowest BCUT2D eigenvalue weighted by atomic mass is 9.86. The Labute approximate surface area is 93.3 Å². The van der Waals surface area contributed by atoms with Crippen LogP contribution in [0.2, 0.25) is 0 Å². The molecule has 0 bridgehead atoms. The van der Waals surface area contributed by atoms with Gasteiger partial charge in [0.15, 0.2) is 0 Å². The molecule has 1 aromatic carbocycles. The van der Waals surface area contributed by atoms with Crippen molar-refractivity contribution in [3.05, 3.63) is 35.6 Å². The van der Waals surface area contributed by atoms with Crippen molar-refractivity contribution in [2.45, 2.75) is 24.8 Å². The molecule has 0 aliphatic carbocycles. The molecular weight excluding hydrogens is 209 g/mol. The zero-order valence-corrected chi connectivity index (χ0v) is 8.82. The Hall–Kier alpha value is -1.42. The average molecular weight is 223 g/mol. The van der Waals surface area contributed by atoms with Crippen molar-refractivity contribution in [3.8, 4) is 0 Å². The van der Waals surface area contributed by atoms with Gasteiger partial charge in [-0.15, -0.1) is 0 Å². The van der Waals surface area contributed by atoms with Crippen molar-refractivity contribution < 1.29 is 14.3 Å². The van der Waals surface area contributed by atoms with Gasteiger partial charge in [0, 0.05) is 0 Å². The van der Waals surface area contributed by atoms with Crippen LogP contribution in [0.1, 0.15) is 24.3 Å². The summed E-state index contributed by atoms with van der Waals surface area (Å²) in [7, 11) is 0. The van der Waals surface area contributed by atoms with Crippen molar-refractivity contribution >= 4 is 5.97 Å². The van der Waals surface area contributed by atoms with Gasteiger partial charge in [-0.3, -0.25) is 4.79 Å². The SMILES string of the molecule is O=C(O)C1CC(c2cccc(F)c2)CCN1. The number of aliphatic carboxylic acids is 1. The Bertz CT molecular complexity index is 394. The summed E-state index contributed by atoms with van der Waals surface area (Å²) in [5.74, 6) is -0.956. The second-order valence-electron chi connectivity index (χ2n) is 4.12. The largest absolute Gasteiger partial charge is 0.480 e. The van der Waals surface area contributed by atoms with Gasteiger partial charge in [0.05, 0.1) is 0 Å². The molecule has 0 radical (unpaired) electrons. The van der Waals surface area contributed by atoms with E-state index >= 15 is 0 Å². The summed E-state index contributed by atoms with van der Waals surface area (Å²) in [5, 5.41) is 11.9. The van der Waals surface area contributed by atoms with E-state index in [1.165, 1.54) is 12.1 Å². The zero-order chi connectivity index (χ0) is 11.5. The minimum Gasteiger partial charge on any atom is -0.480 e. The van der Waals surface area contributed by atoms with Gasteiger partial charge in [0.1, 0.15) is 11.9 Å². The first kappa shape index (κ1) is 11.1. The van der Waals surface area contributed by atoms with Crippen LogP contribution in [0.3, 0.4) is 0 Å². The number of carbonyl (C=O) groups is 1. The lowest BCUT2D eigenvalue weighted by Gasteiger charge is -2.28. The number of carboxylic acid groups (broad SMARTS) is 1. The first-order chi connectivity index (χ1) is 7.66. The molecule has 0 saturated carbocycles. The summed E-state index contributed by atoms with van der Waals surface area (Å²) in [6.45, 7) is 0.665. The maximum atomic E-state index is 13.0. The predicted octanol–water partition coefficient (Wildman–Crippen LogP) is 1.75. The van der Waals surface area contributed by atoms with Crippen LogP contribution < -0.4 is 5.32 Å². The fourth-order valence-corrected chi connectivity index (χ4v) is 2.17. The number of benzene rings is 1. The smallest absolute Gasteiger partial charge is 0.320 e. The zero-order valence-electron chi connectivity index (χ0n) is 8.82. The first-order valence-corrected chi connectivity index (χ1v) is 5.38. The van der Waals surface area contributed by atoms with Gasteiger partial charge < -0.3 is 10.4 Å². The molecule has 0 spiro atoms. The van der Waals surface area contributed by atoms with E-state index < -0.39 is 12.0 Å². The van der Waals surface area contributed by atoms with Crippen molar-refractivity contribution in [1.82, 2.24) is 5.32 Å². The highest BCUT2D eigenvalue weighted by atomic mass is 19.1. The quantitative estimate of drug-likeness (QED) is 0.803. The molecule has 1 aliphatic rings. The molecule has 0 amide bonds. The molecule has 0 aromatic heterocycles. The van der Waals surface area contributed by atoms with Gasteiger partial charge in [-0.2, -0.15) is 0 Å². The highest BCUT2D eigenvalue weighted by molar-refractivity contribution is 5.73. The van der Waals surface area contributed by atoms with Crippen LogP contribution in [0, 0.1) is 5.82 Å². The summed E-state index contributed by atoms with van der Waals surface area (Å²) in [5.41, 5.74) is 0.896. The standard InChI is InChI=1S/C12H14FNO2/c13-10-3-1-2-8(6-10)9-4-5-14-11(7-9)12(15)16/h1-3,6,9,11,14H,4-5,7H2,(H,15,16). The van der Waals surface area contributed by atoms with E-state index in [2.05, 4.69) is 5.32 Å². The molecule has 2 N–H and O–H groups in total. The third-order valence-electron chi connectivity index (χ3n) is 3.02. The van der Waals surface area contributed by atoms with Crippen LogP contribution >= 0.6 is 0 Å². The summed E-state index contributed by atoms with van der Waals surface area (Å²) >= 11 is 0. The van der Waals surface area contributed by atoms with Crippen LogP contribution in [0.5, 0.6) is 0 Å². The topological polar surface area (TPSA) is 49.3 Å². The van der Waals surface area contributed by atoms with Crippen LogP contribution in [0.15, 0.2) is 24.3 Å². The Kier molecular flexibility index (Phi) is 3.19. The summed E-state index contributed by atoms with van der Waals surface area (Å²) < 4.78 is 13.0. The molecule has 1 aromatic rings. The molecular formula is C12H14FNO2. The Balaban J connectivity index is 2.12. The number of halogens is 1. The van der Waals surface area contributed by atoms with E-state index in [-0.39, 0.29) is 11.7 Å². The lowest BCUT2D eigenvalue weighted by Crippen LogP contribution is -2.42. The predicted molar refractivity (Wildman–Crippen MR) is 57.8 cm³/mol. The molecule has 1 aliphatic heterocycles. The molecule has 16 heavy (non-hydrogen) atoms. The normalized spacial score (nSPS) is 25.3. The monoisotopic (exact) mass is 223 g/mol. The number of nitrogens with one attached hydrogen (secondary N) is 1. The average Bonchev–Trinajstić information content (AvgIpc) is 2.29. The fraction of sp³-hybridized carbons (Fsp3) is 0.417. The second kappa shape index (κ2) is 4.61. The highest BCUT2D eigenvalue weighted by Gasteiger charge is 2.27. The van der Waals surface area contributed by atoms with E-state index in [0.717, 1.165) is 12.0 Å². The first-order valence-electron chi connectivity index (χ1n) is 5.38. The lowest BCUT2D eigenvalue weighted by molar-refractivity contribution is -0.140. The minimum absolute atomic E-state index is 0.137. The van der Waals surface area contributed by atoms with Gasteiger partial charge >= 0.3 is 5.97 Å². The van der Waals surface area contributed by atoms with Crippen LogP contribution in [0.4, 0.5) is 4.39 Å². The van der Waals surface area contributed by atoms with E-state index in [1.807, 2.05) is 6.07 Å². The van der Waals surface area contributed by atoms with Gasteiger partial charge in [0.2, 0.25) is 0 Å². The van der Waals surface area contributed by atoms with Gasteiger partial charge in [0.25, 0.3) is 0 Å². The molecule has 1 heterocycles. The van der Waals surface area contributed by atoms with Crippen molar-refractivity contribution in [2.75, 3.05) is 6.54 Å². The highest BCUT2D eigenvalue weighted by Crippen LogP contribution is 2.28. The molecule has 2 atom stereocenters. The molecule has 86 valence electrons. The number of piperidine rings is 1. The number of rotatable bonds is 2. The van der Waals surface area contributed by atoms with Crippen molar-refractivity contribution in [3.63, 3.8) is 0 Å². The third kappa shape index (κ3) is 2.39. The Morgan fingerprint density at radius 1 is 1.50 bits per heavy atom. The number of carboxylic acids is 1. The number of hydrogen-bond donors (Lipinski definition) is 2. The Morgan fingerprint density at radius 2 is 2.31 bits per heavy atom. The molecule has 3 nitrogen and oxygen atoms in total. The van der Waals surface area contributed by atoms with Crippen LogP contribution in [-0.4, -0.2) is 23.7 Å². The summed E-state index contributed by atoms with van der Waals surface area (Å²) in [4.78, 5) is 10.9. The molecule has 2 unspecified atom stereocenters. The molecule has 1 fully saturated rings. The van der Waals surface area contributed by atoms with Crippen LogP contribution in [0.25, 0.3) is 0 Å². The van der Waals surface area contributed by atoms with Crippen LogP contribution in [-0.2, 0) is 4.79 Å². The Morgan fingerprint density at radius 3 is 3.00 bits per heavy atom.